The molecule has 2 aromatic carbocycles. The highest BCUT2D eigenvalue weighted by molar-refractivity contribution is 7.91. The van der Waals surface area contributed by atoms with Crippen molar-refractivity contribution in [3.05, 3.63) is 69.5 Å². The van der Waals surface area contributed by atoms with E-state index in [4.69, 9.17) is 11.6 Å². The molecule has 144 valence electrons. The molecule has 1 fully saturated rings. The van der Waals surface area contributed by atoms with Crippen LogP contribution in [0.3, 0.4) is 0 Å². The molecule has 1 aliphatic rings. The Kier molecular flexibility index (Phi) is 4.72. The Morgan fingerprint density at radius 2 is 1.79 bits per heavy atom. The average Bonchev–Trinajstić information content (AvgIpc) is 3.02. The molecule has 4 rings (SSSR count). The Hall–Kier alpha value is -2.64. The molecular weight excluding hydrogens is 400 g/mol. The molecule has 1 N–H and O–H groups in total. The minimum Gasteiger partial charge on any atom is -0.494 e. The lowest BCUT2D eigenvalue weighted by Crippen LogP contribution is -2.20. The van der Waals surface area contributed by atoms with Crippen LogP contribution in [0.5, 0.6) is 5.88 Å². The van der Waals surface area contributed by atoms with E-state index >= 15 is 0 Å². The maximum Gasteiger partial charge on any atom is 0.265 e. The van der Waals surface area contributed by atoms with Crippen molar-refractivity contribution < 1.29 is 13.5 Å². The van der Waals surface area contributed by atoms with E-state index in [9.17, 15) is 18.3 Å². The fraction of sp³-hybridized carbons (Fsp3) is 0.200. The molecule has 1 atom stereocenters. The molecule has 1 saturated heterocycles. The lowest BCUT2D eigenvalue weighted by atomic mass is 10.1. The van der Waals surface area contributed by atoms with Gasteiger partial charge in [-0.1, -0.05) is 29.8 Å². The Labute approximate surface area is 166 Å². The second-order valence-corrected chi connectivity index (χ2v) is 9.40. The van der Waals surface area contributed by atoms with Gasteiger partial charge in [0.15, 0.2) is 9.84 Å². The SMILES string of the molecule is O=c1c2ccccc2c(C=NC2CCS(=O)(=O)C2)c(O)n1-c1ccc(Cl)cc1. The van der Waals surface area contributed by atoms with Gasteiger partial charge >= 0.3 is 0 Å². The summed E-state index contributed by atoms with van der Waals surface area (Å²) in [5, 5.41) is 12.4. The third kappa shape index (κ3) is 3.43. The zero-order valence-electron chi connectivity index (χ0n) is 14.7. The van der Waals surface area contributed by atoms with E-state index in [1.165, 1.54) is 10.8 Å². The Morgan fingerprint density at radius 3 is 2.43 bits per heavy atom. The molecule has 0 saturated carbocycles. The van der Waals surface area contributed by atoms with Crippen LogP contribution in [0.25, 0.3) is 16.5 Å². The van der Waals surface area contributed by atoms with E-state index in [-0.39, 0.29) is 29.0 Å². The first-order chi connectivity index (χ1) is 13.4. The minimum absolute atomic E-state index is 0.000974. The minimum atomic E-state index is -3.06. The number of pyridine rings is 1. The predicted molar refractivity (Wildman–Crippen MR) is 111 cm³/mol. The van der Waals surface area contributed by atoms with E-state index in [0.717, 1.165) is 0 Å². The average molecular weight is 417 g/mol. The number of aromatic hydroxyl groups is 1. The van der Waals surface area contributed by atoms with Crippen LogP contribution >= 0.6 is 11.6 Å². The molecule has 0 amide bonds. The van der Waals surface area contributed by atoms with Crippen LogP contribution in [0.1, 0.15) is 12.0 Å². The molecule has 8 heteroatoms. The fourth-order valence-corrected chi connectivity index (χ4v) is 5.15. The number of hydrogen-bond donors (Lipinski definition) is 1. The summed E-state index contributed by atoms with van der Waals surface area (Å²) < 4.78 is 24.5. The highest BCUT2D eigenvalue weighted by Crippen LogP contribution is 2.27. The van der Waals surface area contributed by atoms with Crippen molar-refractivity contribution in [2.75, 3.05) is 11.5 Å². The molecule has 6 nitrogen and oxygen atoms in total. The highest BCUT2D eigenvalue weighted by atomic mass is 35.5. The number of benzene rings is 2. The smallest absolute Gasteiger partial charge is 0.265 e. The Bertz CT molecular complexity index is 1250. The number of aliphatic imine (C=N–C) groups is 1. The molecule has 0 radical (unpaired) electrons. The summed E-state index contributed by atoms with van der Waals surface area (Å²) in [5.74, 6) is -0.138. The molecule has 0 bridgehead atoms. The van der Waals surface area contributed by atoms with Gasteiger partial charge in [-0.05, 0) is 36.8 Å². The second kappa shape index (κ2) is 7.07. The van der Waals surface area contributed by atoms with Gasteiger partial charge in [-0.25, -0.2) is 13.0 Å². The first-order valence-corrected chi connectivity index (χ1v) is 10.9. The predicted octanol–water partition coefficient (Wildman–Crippen LogP) is 2.96. The van der Waals surface area contributed by atoms with Crippen LogP contribution in [0, 0.1) is 0 Å². The van der Waals surface area contributed by atoms with Gasteiger partial charge in [-0.2, -0.15) is 0 Å². The van der Waals surface area contributed by atoms with E-state index in [2.05, 4.69) is 4.99 Å². The van der Waals surface area contributed by atoms with Gasteiger partial charge in [0.25, 0.3) is 5.56 Å². The van der Waals surface area contributed by atoms with Crippen molar-refractivity contribution in [1.29, 1.82) is 0 Å². The molecule has 0 spiro atoms. The highest BCUT2D eigenvalue weighted by Gasteiger charge is 2.27. The molecule has 1 unspecified atom stereocenters. The quantitative estimate of drug-likeness (QED) is 0.665. The number of halogens is 1. The van der Waals surface area contributed by atoms with E-state index in [1.807, 2.05) is 0 Å². The zero-order chi connectivity index (χ0) is 19.9. The van der Waals surface area contributed by atoms with Crippen LogP contribution in [-0.2, 0) is 9.84 Å². The molecular formula is C20H17ClN2O4S. The Balaban J connectivity index is 1.90. The third-order valence-corrected chi connectivity index (χ3v) is 6.81. The van der Waals surface area contributed by atoms with E-state index < -0.39 is 9.84 Å². The molecule has 1 aromatic heterocycles. The number of fused-ring (bicyclic) bond motifs is 1. The lowest BCUT2D eigenvalue weighted by molar-refractivity contribution is 0.436. The molecule has 0 aliphatic carbocycles. The largest absolute Gasteiger partial charge is 0.494 e. The summed E-state index contributed by atoms with van der Waals surface area (Å²) in [5.41, 5.74) is 0.473. The third-order valence-electron chi connectivity index (χ3n) is 4.81. The van der Waals surface area contributed by atoms with Gasteiger partial charge < -0.3 is 5.11 Å². The van der Waals surface area contributed by atoms with E-state index in [0.29, 0.717) is 33.5 Å². The van der Waals surface area contributed by atoms with Crippen molar-refractivity contribution in [2.24, 2.45) is 4.99 Å². The maximum atomic E-state index is 13.0. The molecule has 3 aromatic rings. The summed E-state index contributed by atoms with van der Waals surface area (Å²) >= 11 is 5.93. The fourth-order valence-electron chi connectivity index (χ4n) is 3.39. The molecule has 1 aliphatic heterocycles. The van der Waals surface area contributed by atoms with E-state index in [1.54, 1.807) is 48.5 Å². The molecule has 2 heterocycles. The van der Waals surface area contributed by atoms with Crippen molar-refractivity contribution in [2.45, 2.75) is 12.5 Å². The number of sulfone groups is 1. The molecule has 28 heavy (non-hydrogen) atoms. The standard InChI is InChI=1S/C20H17ClN2O4S/c21-13-5-7-15(8-6-13)23-19(24)17-4-2-1-3-16(17)18(20(23)25)11-22-14-9-10-28(26,27)12-14/h1-8,11,14,25H,9-10,12H2. The first kappa shape index (κ1) is 18.7. The van der Waals surface area contributed by atoms with Crippen molar-refractivity contribution >= 4 is 38.4 Å². The van der Waals surface area contributed by atoms with Gasteiger partial charge in [-0.15, -0.1) is 0 Å². The monoisotopic (exact) mass is 416 g/mol. The Morgan fingerprint density at radius 1 is 1.11 bits per heavy atom. The number of hydrogen-bond acceptors (Lipinski definition) is 5. The van der Waals surface area contributed by atoms with Crippen molar-refractivity contribution in [1.82, 2.24) is 4.57 Å². The van der Waals surface area contributed by atoms with Crippen molar-refractivity contribution in [3.63, 3.8) is 0 Å². The summed E-state index contributed by atoms with van der Waals surface area (Å²) in [7, 11) is -3.06. The number of rotatable bonds is 3. The number of aromatic nitrogens is 1. The number of nitrogens with zero attached hydrogens (tertiary/aromatic N) is 2. The first-order valence-electron chi connectivity index (χ1n) is 8.72. The van der Waals surface area contributed by atoms with Gasteiger partial charge in [-0.3, -0.25) is 9.79 Å². The topological polar surface area (TPSA) is 88.7 Å². The summed E-state index contributed by atoms with van der Waals surface area (Å²) in [6.45, 7) is 0. The lowest BCUT2D eigenvalue weighted by Gasteiger charge is -2.14. The van der Waals surface area contributed by atoms with Crippen LogP contribution in [0.15, 0.2) is 58.3 Å². The van der Waals surface area contributed by atoms with Crippen LogP contribution in [-0.4, -0.2) is 41.9 Å². The maximum absolute atomic E-state index is 13.0. The van der Waals surface area contributed by atoms with Gasteiger partial charge in [0, 0.05) is 22.0 Å². The summed E-state index contributed by atoms with van der Waals surface area (Å²) in [6.07, 6.45) is 1.92. The van der Waals surface area contributed by atoms with Gasteiger partial charge in [0.2, 0.25) is 5.88 Å². The van der Waals surface area contributed by atoms with Gasteiger partial charge in [0.1, 0.15) is 0 Å². The zero-order valence-corrected chi connectivity index (χ0v) is 16.3. The van der Waals surface area contributed by atoms with Crippen LogP contribution < -0.4 is 5.56 Å². The van der Waals surface area contributed by atoms with Crippen LogP contribution in [0.4, 0.5) is 0 Å². The summed E-state index contributed by atoms with van der Waals surface area (Å²) in [6, 6.07) is 13.1. The normalized spacial score (nSPS) is 18.8. The van der Waals surface area contributed by atoms with Gasteiger partial charge in [0.05, 0.1) is 28.8 Å². The van der Waals surface area contributed by atoms with Crippen LogP contribution in [0.2, 0.25) is 5.02 Å². The second-order valence-electron chi connectivity index (χ2n) is 6.73. The van der Waals surface area contributed by atoms with Crippen molar-refractivity contribution in [3.8, 4) is 11.6 Å². The summed E-state index contributed by atoms with van der Waals surface area (Å²) in [4.78, 5) is 17.4.